The predicted octanol–water partition coefficient (Wildman–Crippen LogP) is 1.89. The lowest BCUT2D eigenvalue weighted by molar-refractivity contribution is 0.0422. The molecule has 0 fully saturated rings. The summed E-state index contributed by atoms with van der Waals surface area (Å²) in [6.07, 6.45) is 4.19. The zero-order valence-corrected chi connectivity index (χ0v) is 12.2. The first-order valence-electron chi connectivity index (χ1n) is 6.66. The number of nitrogens with zero attached hydrogens (tertiary/aromatic N) is 4. The maximum Gasteiger partial charge on any atom is 0.359 e. The highest BCUT2D eigenvalue weighted by Crippen LogP contribution is 2.19. The Morgan fingerprint density at radius 2 is 2.04 bits per heavy atom. The van der Waals surface area contributed by atoms with Gasteiger partial charge in [-0.2, -0.15) is 4.98 Å². The van der Waals surface area contributed by atoms with Crippen molar-refractivity contribution in [3.05, 3.63) is 54.4 Å². The Bertz CT molecular complexity index is 787. The Labute approximate surface area is 131 Å². The maximum atomic E-state index is 11.7. The van der Waals surface area contributed by atoms with Crippen LogP contribution < -0.4 is 4.74 Å². The molecule has 0 atom stereocenters. The first-order valence-corrected chi connectivity index (χ1v) is 6.66. The normalized spacial score (nSPS) is 10.3. The molecule has 2 aromatic heterocycles. The van der Waals surface area contributed by atoms with Gasteiger partial charge in [-0.05, 0) is 24.3 Å². The molecule has 1 aromatic carbocycles. The first-order chi connectivity index (χ1) is 11.3. The molecule has 0 aliphatic heterocycles. The monoisotopic (exact) mass is 312 g/mol. The second kappa shape index (κ2) is 6.65. The number of methoxy groups -OCH3 is 1. The number of carbonyl (C=O) groups excluding carboxylic acids is 1. The van der Waals surface area contributed by atoms with Crippen LogP contribution in [0.25, 0.3) is 11.4 Å². The van der Waals surface area contributed by atoms with E-state index in [-0.39, 0.29) is 18.2 Å². The number of aromatic nitrogens is 4. The molecular weight excluding hydrogens is 300 g/mol. The van der Waals surface area contributed by atoms with Gasteiger partial charge in [0.25, 0.3) is 5.89 Å². The van der Waals surface area contributed by atoms with Crippen molar-refractivity contribution in [1.82, 2.24) is 20.1 Å². The summed E-state index contributed by atoms with van der Waals surface area (Å²) in [7, 11) is 1.59. The summed E-state index contributed by atoms with van der Waals surface area (Å²) in [4.78, 5) is 23.5. The van der Waals surface area contributed by atoms with E-state index in [1.807, 2.05) is 0 Å². The second-order valence-electron chi connectivity index (χ2n) is 4.41. The Morgan fingerprint density at radius 1 is 1.22 bits per heavy atom. The van der Waals surface area contributed by atoms with E-state index in [2.05, 4.69) is 20.1 Å². The summed E-state index contributed by atoms with van der Waals surface area (Å²) >= 11 is 0. The Kier molecular flexibility index (Phi) is 4.23. The fourth-order valence-corrected chi connectivity index (χ4v) is 1.78. The van der Waals surface area contributed by atoms with E-state index >= 15 is 0 Å². The molecule has 0 saturated carbocycles. The van der Waals surface area contributed by atoms with Crippen LogP contribution in [-0.4, -0.2) is 33.2 Å². The fourth-order valence-electron chi connectivity index (χ4n) is 1.78. The highest BCUT2D eigenvalue weighted by Gasteiger charge is 2.13. The lowest BCUT2D eigenvalue weighted by atomic mass is 10.2. The van der Waals surface area contributed by atoms with Gasteiger partial charge in [0.05, 0.1) is 13.3 Å². The molecule has 0 radical (unpaired) electrons. The molecule has 0 bridgehead atoms. The van der Waals surface area contributed by atoms with Crippen LogP contribution in [0.1, 0.15) is 16.4 Å². The highest BCUT2D eigenvalue weighted by molar-refractivity contribution is 5.86. The first kappa shape index (κ1) is 14.6. The van der Waals surface area contributed by atoms with Gasteiger partial charge >= 0.3 is 5.97 Å². The lowest BCUT2D eigenvalue weighted by Gasteiger charge is -2.00. The van der Waals surface area contributed by atoms with Gasteiger partial charge in [0.15, 0.2) is 12.3 Å². The Hall–Kier alpha value is -3.29. The van der Waals surface area contributed by atoms with Crippen LogP contribution in [-0.2, 0) is 11.3 Å². The average Bonchev–Trinajstić information content (AvgIpc) is 3.09. The number of carbonyl (C=O) groups is 1. The van der Waals surface area contributed by atoms with Crippen molar-refractivity contribution in [3.8, 4) is 17.1 Å². The van der Waals surface area contributed by atoms with Gasteiger partial charge in [0.1, 0.15) is 5.75 Å². The van der Waals surface area contributed by atoms with Gasteiger partial charge < -0.3 is 14.0 Å². The summed E-state index contributed by atoms with van der Waals surface area (Å²) in [5.74, 6) is 0.712. The van der Waals surface area contributed by atoms with Gasteiger partial charge in [-0.25, -0.2) is 9.78 Å². The third kappa shape index (κ3) is 3.49. The molecule has 8 nitrogen and oxygen atoms in total. The molecule has 23 heavy (non-hydrogen) atoms. The van der Waals surface area contributed by atoms with Crippen molar-refractivity contribution in [3.63, 3.8) is 0 Å². The number of hydrogen-bond donors (Lipinski definition) is 0. The molecule has 0 amide bonds. The lowest BCUT2D eigenvalue weighted by Crippen LogP contribution is -2.07. The zero-order valence-electron chi connectivity index (χ0n) is 12.2. The van der Waals surface area contributed by atoms with E-state index in [9.17, 15) is 4.79 Å². The number of benzene rings is 1. The van der Waals surface area contributed by atoms with Crippen LogP contribution in [0, 0.1) is 0 Å². The summed E-state index contributed by atoms with van der Waals surface area (Å²) in [6.45, 7) is -0.140. The van der Waals surface area contributed by atoms with E-state index in [0.717, 1.165) is 11.3 Å². The van der Waals surface area contributed by atoms with Gasteiger partial charge in [0.2, 0.25) is 5.82 Å². The minimum atomic E-state index is -0.609. The number of ether oxygens (including phenoxy) is 2. The molecule has 0 aliphatic rings. The third-order valence-electron chi connectivity index (χ3n) is 2.92. The van der Waals surface area contributed by atoms with Crippen LogP contribution >= 0.6 is 0 Å². The molecule has 3 aromatic rings. The zero-order chi connectivity index (χ0) is 16.1. The van der Waals surface area contributed by atoms with Gasteiger partial charge in [-0.1, -0.05) is 5.16 Å². The third-order valence-corrected chi connectivity index (χ3v) is 2.92. The molecule has 0 spiro atoms. The van der Waals surface area contributed by atoms with Crippen molar-refractivity contribution < 1.29 is 18.8 Å². The van der Waals surface area contributed by atoms with Crippen LogP contribution in [0.15, 0.2) is 47.4 Å². The van der Waals surface area contributed by atoms with Crippen molar-refractivity contribution in [2.45, 2.75) is 6.61 Å². The van der Waals surface area contributed by atoms with Crippen LogP contribution in [0.2, 0.25) is 0 Å². The molecule has 0 unspecified atom stereocenters. The minimum Gasteiger partial charge on any atom is -0.497 e. The molecule has 0 aliphatic carbocycles. The highest BCUT2D eigenvalue weighted by atomic mass is 16.6. The second-order valence-corrected chi connectivity index (χ2v) is 4.41. The summed E-state index contributed by atoms with van der Waals surface area (Å²) in [5, 5.41) is 3.85. The van der Waals surface area contributed by atoms with Gasteiger partial charge in [-0.15, -0.1) is 0 Å². The van der Waals surface area contributed by atoms with E-state index in [0.29, 0.717) is 5.82 Å². The standard InChI is InChI=1S/C15H12N4O4/c1-21-11-4-2-10(3-5-11)14-18-13(23-19-14)9-22-15(20)12-8-16-6-7-17-12/h2-8H,9H2,1H3. The maximum absolute atomic E-state index is 11.7. The fraction of sp³-hybridized carbons (Fsp3) is 0.133. The van der Waals surface area contributed by atoms with Crippen molar-refractivity contribution in [1.29, 1.82) is 0 Å². The molecule has 2 heterocycles. The number of esters is 1. The van der Waals surface area contributed by atoms with Gasteiger partial charge in [0, 0.05) is 18.0 Å². The molecule has 0 saturated heterocycles. The SMILES string of the molecule is COc1ccc(-c2noc(COC(=O)c3cnccn3)n2)cc1. The van der Waals surface area contributed by atoms with E-state index in [1.54, 1.807) is 31.4 Å². The predicted molar refractivity (Wildman–Crippen MR) is 77.4 cm³/mol. The molecule has 3 rings (SSSR count). The quantitative estimate of drug-likeness (QED) is 0.658. The van der Waals surface area contributed by atoms with E-state index in [4.69, 9.17) is 14.0 Å². The molecule has 0 N–H and O–H groups in total. The summed E-state index contributed by atoms with van der Waals surface area (Å²) < 4.78 is 15.2. The van der Waals surface area contributed by atoms with Crippen molar-refractivity contribution >= 4 is 5.97 Å². The molecular formula is C15H12N4O4. The minimum absolute atomic E-state index is 0.113. The van der Waals surface area contributed by atoms with Crippen molar-refractivity contribution in [2.24, 2.45) is 0 Å². The topological polar surface area (TPSA) is 100 Å². The van der Waals surface area contributed by atoms with E-state index in [1.165, 1.54) is 18.6 Å². The smallest absolute Gasteiger partial charge is 0.359 e. The van der Waals surface area contributed by atoms with Gasteiger partial charge in [-0.3, -0.25) is 4.98 Å². The Morgan fingerprint density at radius 3 is 2.74 bits per heavy atom. The summed E-state index contributed by atoms with van der Waals surface area (Å²) in [6, 6.07) is 7.19. The largest absolute Gasteiger partial charge is 0.497 e. The molecule has 116 valence electrons. The average molecular weight is 312 g/mol. The van der Waals surface area contributed by atoms with E-state index < -0.39 is 5.97 Å². The number of rotatable bonds is 5. The van der Waals surface area contributed by atoms with Crippen LogP contribution in [0.3, 0.4) is 0 Å². The Balaban J connectivity index is 1.64. The van der Waals surface area contributed by atoms with Crippen LogP contribution in [0.5, 0.6) is 5.75 Å². The molecule has 8 heteroatoms. The summed E-state index contributed by atoms with van der Waals surface area (Å²) in [5.41, 5.74) is 0.878. The van der Waals surface area contributed by atoms with Crippen molar-refractivity contribution in [2.75, 3.05) is 7.11 Å². The van der Waals surface area contributed by atoms with Crippen LogP contribution in [0.4, 0.5) is 0 Å². The number of hydrogen-bond acceptors (Lipinski definition) is 8.